The number of carbonyl (C=O) groups excluding carboxylic acids is 4. The summed E-state index contributed by atoms with van der Waals surface area (Å²) < 4.78 is 33.1. The Bertz CT molecular complexity index is 1710. The lowest BCUT2D eigenvalue weighted by Crippen LogP contribution is -2.59. The van der Waals surface area contributed by atoms with Gasteiger partial charge < -0.3 is 38.3 Å². The number of methoxy groups -OCH3 is 1. The number of fused-ring (bicyclic) bond motifs is 2. The number of carbonyl (C=O) groups is 4. The molecule has 0 spiro atoms. The zero-order valence-electron chi connectivity index (χ0n) is 34.0. The van der Waals surface area contributed by atoms with Crippen molar-refractivity contribution in [2.45, 2.75) is 134 Å². The number of rotatable bonds is 9. The van der Waals surface area contributed by atoms with E-state index in [1.54, 1.807) is 40.2 Å². The molecule has 55 heavy (non-hydrogen) atoms. The number of Topliss-reactive ketones (excluding diaryl/α,β-unsaturated/α-hetero) is 2. The summed E-state index contributed by atoms with van der Waals surface area (Å²) in [4.78, 5) is 71.4. The van der Waals surface area contributed by atoms with Gasteiger partial charge in [0.2, 0.25) is 0 Å². The normalized spacial score (nSPS) is 39.5. The molecule has 1 N–H and O–H groups in total. The van der Waals surface area contributed by atoms with Crippen LogP contribution in [-0.4, -0.2) is 133 Å². The molecule has 306 valence electrons. The molecule has 0 unspecified atom stereocenters. The number of hydrogen-bond acceptors (Lipinski definition) is 15. The molecule has 0 amide bonds. The summed E-state index contributed by atoms with van der Waals surface area (Å²) >= 11 is 1.38. The maximum absolute atomic E-state index is 14.7. The standard InChI is InChI=1S/C39H59N5O10S/c1-12-27-39(8)28(32(36(49)54-39)55-14-13-44-19-42-25-17-40-18-41-34(25)44)22(4)29(45)20(2)16-38(7,50-11)33(23(5)30(46)24(6)35(48)52-27)53-37-31(47)26(43(9)10)15-21(3)51-37/h17-24,26-28,31-33,37,47H,12-16H2,1-11H3/t20-,21-,22-,23+,24-,26+,27-,28+,31-,32+,33-,37+,38-,39-/m1/s1. The predicted octanol–water partition coefficient (Wildman–Crippen LogP) is 3.48. The van der Waals surface area contributed by atoms with Gasteiger partial charge in [0.25, 0.3) is 0 Å². The number of nitrogens with zero attached hydrogens (tertiary/aromatic N) is 5. The van der Waals surface area contributed by atoms with E-state index in [4.69, 9.17) is 23.7 Å². The maximum Gasteiger partial charge on any atom is 0.320 e. The van der Waals surface area contributed by atoms with E-state index in [9.17, 15) is 24.3 Å². The minimum atomic E-state index is -1.37. The van der Waals surface area contributed by atoms with Crippen molar-refractivity contribution in [2.75, 3.05) is 27.0 Å². The Balaban J connectivity index is 1.50. The van der Waals surface area contributed by atoms with Gasteiger partial charge in [0, 0.05) is 49.1 Å². The van der Waals surface area contributed by atoms with Crippen molar-refractivity contribution < 1.29 is 48.0 Å². The topological polar surface area (TPSA) is 181 Å². The second-order valence-electron chi connectivity index (χ2n) is 16.3. The summed E-state index contributed by atoms with van der Waals surface area (Å²) in [5.41, 5.74) is -1.32. The van der Waals surface area contributed by atoms with Crippen LogP contribution in [-0.2, 0) is 49.4 Å². The van der Waals surface area contributed by atoms with E-state index in [1.807, 2.05) is 44.3 Å². The monoisotopic (exact) mass is 789 g/mol. The first-order valence-corrected chi connectivity index (χ1v) is 20.4. The first kappa shape index (κ1) is 43.1. The molecule has 0 saturated carbocycles. The van der Waals surface area contributed by atoms with E-state index >= 15 is 0 Å². The summed E-state index contributed by atoms with van der Waals surface area (Å²) in [5.74, 6) is -5.62. The maximum atomic E-state index is 14.7. The number of imidazole rings is 1. The molecule has 5 heterocycles. The van der Waals surface area contributed by atoms with Crippen molar-refractivity contribution in [3.8, 4) is 0 Å². The number of cyclic esters (lactones) is 1. The third-order valence-corrected chi connectivity index (χ3v) is 13.5. The Morgan fingerprint density at radius 2 is 1.75 bits per heavy atom. The number of ether oxygens (including phenoxy) is 5. The van der Waals surface area contributed by atoms with Crippen LogP contribution in [0.15, 0.2) is 18.9 Å². The largest absolute Gasteiger partial charge is 0.458 e. The van der Waals surface area contributed by atoms with Crippen LogP contribution in [0.3, 0.4) is 0 Å². The first-order valence-electron chi connectivity index (χ1n) is 19.3. The van der Waals surface area contributed by atoms with Crippen LogP contribution in [0.4, 0.5) is 0 Å². The third-order valence-electron chi connectivity index (χ3n) is 12.2. The number of esters is 2. The van der Waals surface area contributed by atoms with Gasteiger partial charge in [-0.05, 0) is 61.1 Å². The van der Waals surface area contributed by atoms with Crippen LogP contribution in [0.2, 0.25) is 0 Å². The second-order valence-corrected chi connectivity index (χ2v) is 17.5. The van der Waals surface area contributed by atoms with E-state index < -0.39 is 88.4 Å². The van der Waals surface area contributed by atoms with Gasteiger partial charge in [0.15, 0.2) is 23.3 Å². The van der Waals surface area contributed by atoms with Crippen LogP contribution in [0.25, 0.3) is 11.2 Å². The average Bonchev–Trinajstić information content (AvgIpc) is 3.68. The molecule has 15 nitrogen and oxygen atoms in total. The van der Waals surface area contributed by atoms with Gasteiger partial charge in [-0.1, -0.05) is 27.7 Å². The van der Waals surface area contributed by atoms with E-state index in [-0.39, 0.29) is 30.8 Å². The number of aliphatic hydroxyl groups is 1. The zero-order chi connectivity index (χ0) is 40.6. The Kier molecular flexibility index (Phi) is 13.5. The fourth-order valence-electron chi connectivity index (χ4n) is 9.00. The minimum absolute atomic E-state index is 0.131. The molecule has 16 heteroatoms. The van der Waals surface area contributed by atoms with Crippen LogP contribution in [0.5, 0.6) is 0 Å². The van der Waals surface area contributed by atoms with Gasteiger partial charge in [0.1, 0.15) is 41.0 Å². The van der Waals surface area contributed by atoms with Crippen molar-refractivity contribution in [1.82, 2.24) is 24.4 Å². The van der Waals surface area contributed by atoms with Crippen LogP contribution < -0.4 is 0 Å². The Morgan fingerprint density at radius 3 is 2.40 bits per heavy atom. The summed E-state index contributed by atoms with van der Waals surface area (Å²) in [6.07, 6.45) is 1.31. The van der Waals surface area contributed by atoms with Gasteiger partial charge in [0.05, 0.1) is 30.3 Å². The highest BCUT2D eigenvalue weighted by atomic mass is 32.2. The van der Waals surface area contributed by atoms with E-state index in [0.717, 1.165) is 0 Å². The minimum Gasteiger partial charge on any atom is -0.458 e. The lowest BCUT2D eigenvalue weighted by atomic mass is 9.70. The molecule has 0 radical (unpaired) electrons. The van der Waals surface area contributed by atoms with E-state index in [0.29, 0.717) is 29.9 Å². The summed E-state index contributed by atoms with van der Waals surface area (Å²) in [5, 5.41) is 10.7. The molecule has 2 aromatic rings. The molecule has 0 aromatic carbocycles. The summed E-state index contributed by atoms with van der Waals surface area (Å²) in [6, 6.07) is -0.280. The Morgan fingerprint density at radius 1 is 1.04 bits per heavy atom. The fraction of sp³-hybridized carbons (Fsp3) is 0.769. The molecule has 3 saturated heterocycles. The zero-order valence-corrected chi connectivity index (χ0v) is 34.8. The Labute approximate surface area is 327 Å². The number of thioether (sulfide) groups is 1. The van der Waals surface area contributed by atoms with Crippen molar-refractivity contribution >= 4 is 46.4 Å². The van der Waals surface area contributed by atoms with E-state index in [1.165, 1.54) is 32.1 Å². The van der Waals surface area contributed by atoms with Gasteiger partial charge in [-0.3, -0.25) is 19.2 Å². The highest BCUT2D eigenvalue weighted by Crippen LogP contribution is 2.49. The van der Waals surface area contributed by atoms with Crippen molar-refractivity contribution in [2.24, 2.45) is 29.6 Å². The van der Waals surface area contributed by atoms with Gasteiger partial charge >= 0.3 is 11.9 Å². The molecule has 2 aromatic heterocycles. The third kappa shape index (κ3) is 8.50. The highest BCUT2D eigenvalue weighted by molar-refractivity contribution is 8.00. The lowest BCUT2D eigenvalue weighted by molar-refractivity contribution is -0.295. The fourth-order valence-corrected chi connectivity index (χ4v) is 10.5. The molecule has 3 fully saturated rings. The number of aryl methyl sites for hydroxylation is 1. The van der Waals surface area contributed by atoms with Gasteiger partial charge in [-0.2, -0.15) is 0 Å². The quantitative estimate of drug-likeness (QED) is 0.288. The average molecular weight is 790 g/mol. The highest BCUT2D eigenvalue weighted by Gasteiger charge is 2.61. The molecule has 3 aliphatic rings. The van der Waals surface area contributed by atoms with E-state index in [2.05, 4.69) is 15.0 Å². The van der Waals surface area contributed by atoms with Crippen molar-refractivity contribution in [3.63, 3.8) is 0 Å². The Hall–Kier alpha value is -3.02. The van der Waals surface area contributed by atoms with Gasteiger partial charge in [-0.25, -0.2) is 15.0 Å². The molecular formula is C39H59N5O10S. The van der Waals surface area contributed by atoms with Gasteiger partial charge in [-0.15, -0.1) is 11.8 Å². The predicted molar refractivity (Wildman–Crippen MR) is 204 cm³/mol. The summed E-state index contributed by atoms with van der Waals surface area (Å²) in [6.45, 7) is 14.5. The van der Waals surface area contributed by atoms with Crippen molar-refractivity contribution in [3.05, 3.63) is 18.9 Å². The number of ketones is 2. The number of aromatic nitrogens is 4. The van der Waals surface area contributed by atoms with Crippen LogP contribution >= 0.6 is 11.8 Å². The van der Waals surface area contributed by atoms with Crippen molar-refractivity contribution in [1.29, 1.82) is 0 Å². The van der Waals surface area contributed by atoms with Crippen LogP contribution in [0, 0.1) is 29.6 Å². The SMILES string of the molecule is CC[C@H]1OC(=O)[C@H](C)C(=O)[C@H](C)[C@@H](O[C@@H]2O[C@H](C)C[C@H](N(C)C)[C@H]2O)[C@](C)(OC)C[C@@H](C)C(=O)[C@H](C)[C@H]2[C@H](SCCn3cnc4cncnc43)C(=O)O[C@@]21C. The number of hydrogen-bond donors (Lipinski definition) is 1. The van der Waals surface area contributed by atoms with Crippen LogP contribution in [0.1, 0.15) is 74.7 Å². The lowest BCUT2D eigenvalue weighted by Gasteiger charge is -2.47. The molecule has 0 aliphatic carbocycles. The number of aliphatic hydroxyl groups excluding tert-OH is 1. The molecule has 0 bridgehead atoms. The smallest absolute Gasteiger partial charge is 0.320 e. The summed E-state index contributed by atoms with van der Waals surface area (Å²) in [7, 11) is 5.23. The molecule has 3 aliphatic heterocycles. The first-order chi connectivity index (χ1) is 25.9. The molecule has 5 rings (SSSR count). The molecule has 14 atom stereocenters. The molecular weight excluding hydrogens is 731 g/mol. The number of likely N-dealkylation sites (N-methyl/N-ethyl adjacent to an activating group) is 1. The second kappa shape index (κ2) is 17.2.